The van der Waals surface area contributed by atoms with E-state index in [0.717, 1.165) is 25.7 Å². The molecule has 0 bridgehead atoms. The summed E-state index contributed by atoms with van der Waals surface area (Å²) in [5, 5.41) is 2.71. The van der Waals surface area contributed by atoms with Crippen LogP contribution in [0.4, 0.5) is 0 Å². The van der Waals surface area contributed by atoms with E-state index in [1.807, 2.05) is 0 Å². The summed E-state index contributed by atoms with van der Waals surface area (Å²) in [7, 11) is 1.31. The summed E-state index contributed by atoms with van der Waals surface area (Å²) in [6, 6.07) is 2.88. The summed E-state index contributed by atoms with van der Waals surface area (Å²) in [5.41, 5.74) is 0.104. The van der Waals surface area contributed by atoms with Gasteiger partial charge in [-0.3, -0.25) is 4.79 Å². The van der Waals surface area contributed by atoms with Gasteiger partial charge in [0, 0.05) is 21.2 Å². The van der Waals surface area contributed by atoms with E-state index >= 15 is 0 Å². The molecule has 20 heavy (non-hydrogen) atoms. The average molecular weight is 401 g/mol. The lowest BCUT2D eigenvalue weighted by molar-refractivity contribution is 0.0937. The number of hydrogen-bond donors (Lipinski definition) is 1. The fourth-order valence-corrected chi connectivity index (χ4v) is 4.42. The van der Waals surface area contributed by atoms with Crippen molar-refractivity contribution >= 4 is 53.2 Å². The number of rotatable bonds is 3. The van der Waals surface area contributed by atoms with E-state index in [0.29, 0.717) is 4.47 Å². The van der Waals surface area contributed by atoms with Gasteiger partial charge in [0.05, 0.1) is 10.6 Å². The van der Waals surface area contributed by atoms with Crippen LogP contribution in [0.25, 0.3) is 0 Å². The molecule has 1 amide bonds. The van der Waals surface area contributed by atoms with Crippen LogP contribution in [0.3, 0.4) is 0 Å². The lowest BCUT2D eigenvalue weighted by atomic mass is 10.2. The molecule has 0 spiro atoms. The van der Waals surface area contributed by atoms with E-state index in [1.165, 1.54) is 12.1 Å². The molecule has 1 aliphatic carbocycles. The molecule has 0 aliphatic heterocycles. The minimum Gasteiger partial charge on any atom is -0.349 e. The molecule has 4 nitrogen and oxygen atoms in total. The summed E-state index contributed by atoms with van der Waals surface area (Å²) >= 11 is 9.16. The summed E-state index contributed by atoms with van der Waals surface area (Å²) in [6.07, 6.45) is 4.02. The fraction of sp³-hybridized carbons (Fsp3) is 0.417. The molecule has 0 unspecified atom stereocenters. The van der Waals surface area contributed by atoms with Gasteiger partial charge in [-0.15, -0.1) is 0 Å². The van der Waals surface area contributed by atoms with Gasteiger partial charge in [0.2, 0.25) is 0 Å². The second-order valence-electron chi connectivity index (χ2n) is 4.66. The Balaban J connectivity index is 2.36. The number of amides is 1. The normalized spacial score (nSPS) is 16.4. The van der Waals surface area contributed by atoms with E-state index in [2.05, 4.69) is 21.2 Å². The number of nitrogens with one attached hydrogen (secondary N) is 1. The predicted octanol–water partition coefficient (Wildman–Crippen LogP) is 3.70. The topological polar surface area (TPSA) is 63.2 Å². The van der Waals surface area contributed by atoms with Crippen LogP contribution in [0.15, 0.2) is 21.5 Å². The Morgan fingerprint density at radius 1 is 1.30 bits per heavy atom. The largest absolute Gasteiger partial charge is 0.349 e. The first-order valence-electron chi connectivity index (χ1n) is 6.03. The second-order valence-corrected chi connectivity index (χ2v) is 8.49. The van der Waals surface area contributed by atoms with Crippen molar-refractivity contribution < 1.29 is 13.2 Å². The van der Waals surface area contributed by atoms with Crippen molar-refractivity contribution in [1.82, 2.24) is 5.32 Å². The zero-order valence-electron chi connectivity index (χ0n) is 10.3. The molecule has 110 valence electrons. The minimum atomic E-state index is -4.01. The van der Waals surface area contributed by atoms with Gasteiger partial charge in [0.15, 0.2) is 0 Å². The third-order valence-corrected chi connectivity index (χ3v) is 5.52. The van der Waals surface area contributed by atoms with Crippen molar-refractivity contribution in [2.75, 3.05) is 0 Å². The predicted molar refractivity (Wildman–Crippen MR) is 81.9 cm³/mol. The van der Waals surface area contributed by atoms with Crippen molar-refractivity contribution in [3.05, 3.63) is 27.2 Å². The average Bonchev–Trinajstić information content (AvgIpc) is 2.83. The first-order valence-corrected chi connectivity index (χ1v) is 9.51. The summed E-state index contributed by atoms with van der Waals surface area (Å²) in [5.74, 6) is -0.384. The zero-order chi connectivity index (χ0) is 14.9. The number of benzene rings is 1. The van der Waals surface area contributed by atoms with Crippen LogP contribution < -0.4 is 5.32 Å². The van der Waals surface area contributed by atoms with Crippen LogP contribution >= 0.6 is 38.2 Å². The van der Waals surface area contributed by atoms with Gasteiger partial charge in [-0.1, -0.05) is 40.4 Å². The first kappa shape index (κ1) is 16.1. The summed E-state index contributed by atoms with van der Waals surface area (Å²) in [6.45, 7) is 0. The highest BCUT2D eigenvalue weighted by Crippen LogP contribution is 2.32. The maximum Gasteiger partial charge on any atom is 0.262 e. The lowest BCUT2D eigenvalue weighted by Crippen LogP contribution is -2.32. The Kier molecular flexibility index (Phi) is 5.00. The number of halogens is 3. The molecular weight excluding hydrogens is 389 g/mol. The van der Waals surface area contributed by atoms with Crippen molar-refractivity contribution in [2.24, 2.45) is 0 Å². The summed E-state index contributed by atoms with van der Waals surface area (Å²) in [4.78, 5) is 11.9. The molecule has 1 aromatic rings. The third kappa shape index (κ3) is 3.67. The summed E-state index contributed by atoms with van der Waals surface area (Å²) < 4.78 is 23.3. The Labute approximate surface area is 135 Å². The molecule has 2 rings (SSSR count). The van der Waals surface area contributed by atoms with Gasteiger partial charge in [-0.2, -0.15) is 0 Å². The molecule has 8 heteroatoms. The van der Waals surface area contributed by atoms with Gasteiger partial charge in [0.25, 0.3) is 15.0 Å². The number of hydrogen-bond acceptors (Lipinski definition) is 3. The Morgan fingerprint density at radius 3 is 2.45 bits per heavy atom. The minimum absolute atomic E-state index is 0.104. The Bertz CT molecular complexity index is 642. The smallest absolute Gasteiger partial charge is 0.262 e. The molecule has 1 aliphatic rings. The van der Waals surface area contributed by atoms with Crippen LogP contribution in [0, 0.1) is 0 Å². The van der Waals surface area contributed by atoms with Gasteiger partial charge < -0.3 is 5.32 Å². The van der Waals surface area contributed by atoms with Gasteiger partial charge >= 0.3 is 0 Å². The highest BCUT2D eigenvalue weighted by Gasteiger charge is 2.24. The molecular formula is C12H12BrCl2NO3S. The van der Waals surface area contributed by atoms with Crippen molar-refractivity contribution in [2.45, 2.75) is 36.6 Å². The number of carbonyl (C=O) groups is 1. The highest BCUT2D eigenvalue weighted by molar-refractivity contribution is 9.10. The van der Waals surface area contributed by atoms with Gasteiger partial charge in [0.1, 0.15) is 4.90 Å². The monoisotopic (exact) mass is 399 g/mol. The lowest BCUT2D eigenvalue weighted by Gasteiger charge is -2.14. The van der Waals surface area contributed by atoms with Crippen molar-refractivity contribution in [1.29, 1.82) is 0 Å². The third-order valence-electron chi connectivity index (χ3n) is 3.20. The molecule has 0 aromatic heterocycles. The Morgan fingerprint density at radius 2 is 1.90 bits per heavy atom. The van der Waals surface area contributed by atoms with Crippen LogP contribution in [0.5, 0.6) is 0 Å². The standard InChI is InChI=1S/C12H12BrCl2NO3S/c13-7-5-9(11(14)10(6-7)20(15,18)19)12(17)16-8-3-1-2-4-8/h5-6,8H,1-4H2,(H,16,17). The molecule has 1 fully saturated rings. The van der Waals surface area contributed by atoms with Crippen LogP contribution in [-0.4, -0.2) is 20.4 Å². The Hall–Kier alpha value is -0.300. The van der Waals surface area contributed by atoms with Crippen molar-refractivity contribution in [3.8, 4) is 0 Å². The van der Waals surface area contributed by atoms with Crippen LogP contribution in [-0.2, 0) is 9.05 Å². The molecule has 0 heterocycles. The highest BCUT2D eigenvalue weighted by atomic mass is 79.9. The van der Waals surface area contributed by atoms with Crippen molar-refractivity contribution in [3.63, 3.8) is 0 Å². The molecule has 0 saturated heterocycles. The van der Waals surface area contributed by atoms with Gasteiger partial charge in [-0.25, -0.2) is 8.42 Å². The van der Waals surface area contributed by atoms with Gasteiger partial charge in [-0.05, 0) is 25.0 Å². The quantitative estimate of drug-likeness (QED) is 0.786. The second kappa shape index (κ2) is 6.22. The zero-order valence-corrected chi connectivity index (χ0v) is 14.2. The molecule has 0 atom stereocenters. The van der Waals surface area contributed by atoms with E-state index < -0.39 is 9.05 Å². The van der Waals surface area contributed by atoms with E-state index in [1.54, 1.807) is 0 Å². The van der Waals surface area contributed by atoms with Crippen LogP contribution in [0.1, 0.15) is 36.0 Å². The fourth-order valence-electron chi connectivity index (χ4n) is 2.24. The SMILES string of the molecule is O=C(NC1CCCC1)c1cc(Br)cc(S(=O)(=O)Cl)c1Cl. The maximum atomic E-state index is 12.2. The molecule has 1 aromatic carbocycles. The molecule has 0 radical (unpaired) electrons. The van der Waals surface area contributed by atoms with E-state index in [-0.39, 0.29) is 27.4 Å². The number of carbonyl (C=O) groups excluding carboxylic acids is 1. The van der Waals surface area contributed by atoms with E-state index in [4.69, 9.17) is 22.3 Å². The molecule has 1 N–H and O–H groups in total. The maximum absolute atomic E-state index is 12.2. The molecule has 1 saturated carbocycles. The first-order chi connectivity index (χ1) is 9.29. The van der Waals surface area contributed by atoms with Crippen LogP contribution in [0.2, 0.25) is 5.02 Å². The van der Waals surface area contributed by atoms with E-state index in [9.17, 15) is 13.2 Å².